The summed E-state index contributed by atoms with van der Waals surface area (Å²) in [6, 6.07) is 3.88. The third kappa shape index (κ3) is 3.27. The zero-order valence-electron chi connectivity index (χ0n) is 14.0. The zero-order valence-corrected chi connectivity index (χ0v) is 10.6. The third-order valence-electron chi connectivity index (χ3n) is 2.73. The fourth-order valence-electron chi connectivity index (χ4n) is 1.78. The van der Waals surface area contributed by atoms with Crippen molar-refractivity contribution in [1.29, 1.82) is 0 Å². The Morgan fingerprint density at radius 3 is 2.75 bits per heavy atom. The second kappa shape index (κ2) is 5.75. The van der Waals surface area contributed by atoms with E-state index in [2.05, 4.69) is 25.8 Å². The van der Waals surface area contributed by atoms with Crippen LogP contribution in [0.2, 0.25) is 0 Å². The van der Waals surface area contributed by atoms with Crippen molar-refractivity contribution in [3.8, 4) is 0 Å². The van der Waals surface area contributed by atoms with Crippen molar-refractivity contribution in [2.24, 2.45) is 0 Å². The van der Waals surface area contributed by atoms with Gasteiger partial charge in [-0.15, -0.1) is 0 Å². The molecule has 1 aromatic rings. The number of likely N-dealkylation sites (N-methyl/N-ethyl adjacent to an activating group) is 1. The van der Waals surface area contributed by atoms with Crippen LogP contribution in [0.5, 0.6) is 0 Å². The van der Waals surface area contributed by atoms with Crippen LogP contribution in [-0.4, -0.2) is 47.5 Å². The smallest absolute Gasteiger partial charge is 0.106 e. The van der Waals surface area contributed by atoms with Gasteiger partial charge in [-0.2, -0.15) is 0 Å². The Hall–Kier alpha value is -0.450. The lowest BCUT2D eigenvalue weighted by atomic mass is 10.2. The molecule has 1 aromatic heterocycles. The van der Waals surface area contributed by atoms with E-state index in [4.69, 9.17) is 6.85 Å². The van der Waals surface area contributed by atoms with E-state index >= 15 is 0 Å². The highest BCUT2D eigenvalue weighted by Gasteiger charge is 2.15. The molecule has 2 rings (SSSR count). The van der Waals surface area contributed by atoms with Crippen LogP contribution < -0.4 is 0 Å². The van der Waals surface area contributed by atoms with E-state index < -0.39 is 13.3 Å². The van der Waals surface area contributed by atoms with E-state index in [-0.39, 0.29) is 0 Å². The van der Waals surface area contributed by atoms with Crippen LogP contribution in [0.3, 0.4) is 0 Å². The van der Waals surface area contributed by atoms with Crippen LogP contribution in [0, 0.1) is 0 Å². The van der Waals surface area contributed by atoms with Crippen molar-refractivity contribution < 1.29 is 6.85 Å². The highest BCUT2D eigenvalue weighted by atomic mass is 79.9. The van der Waals surface area contributed by atoms with E-state index in [9.17, 15) is 0 Å². The molecule has 16 heavy (non-hydrogen) atoms. The summed E-state index contributed by atoms with van der Waals surface area (Å²) in [6.45, 7) is -2.03. The summed E-state index contributed by atoms with van der Waals surface area (Å²) < 4.78 is 38.3. The quantitative estimate of drug-likeness (QED) is 0.793. The Morgan fingerprint density at radius 2 is 2.12 bits per heavy atom. The lowest BCUT2D eigenvalue weighted by Gasteiger charge is -2.33. The van der Waals surface area contributed by atoms with Gasteiger partial charge in [-0.3, -0.25) is 4.90 Å². The molecule has 3 nitrogen and oxygen atoms in total. The van der Waals surface area contributed by atoms with Crippen molar-refractivity contribution >= 4 is 15.9 Å². The number of piperazine rings is 1. The van der Waals surface area contributed by atoms with Crippen LogP contribution >= 0.6 is 15.9 Å². The Labute approximate surface area is 113 Å². The van der Waals surface area contributed by atoms with Gasteiger partial charge in [0.1, 0.15) is 4.60 Å². The molecular formula is C12H18BrN3. The van der Waals surface area contributed by atoms with Gasteiger partial charge < -0.3 is 4.90 Å². The maximum Gasteiger partial charge on any atom is 0.106 e. The van der Waals surface area contributed by atoms with Gasteiger partial charge >= 0.3 is 0 Å². The maximum atomic E-state index is 7.78. The molecule has 0 amide bonds. The molecule has 1 saturated heterocycles. The molecule has 0 N–H and O–H groups in total. The Bertz CT molecular complexity index is 469. The van der Waals surface area contributed by atoms with Crippen LogP contribution in [0.4, 0.5) is 0 Å². The van der Waals surface area contributed by atoms with Gasteiger partial charge in [0.2, 0.25) is 0 Å². The Morgan fingerprint density at radius 1 is 1.38 bits per heavy atom. The van der Waals surface area contributed by atoms with Crippen molar-refractivity contribution in [3.63, 3.8) is 0 Å². The number of halogens is 1. The fraction of sp³-hybridized carbons (Fsp3) is 0.583. The molecule has 0 bridgehead atoms. The van der Waals surface area contributed by atoms with Gasteiger partial charge in [0, 0.05) is 45.8 Å². The number of aromatic nitrogens is 1. The van der Waals surface area contributed by atoms with E-state index in [1.807, 2.05) is 12.1 Å². The molecule has 1 fully saturated rings. The number of nitrogens with zero attached hydrogens (tertiary/aromatic N) is 3. The topological polar surface area (TPSA) is 19.4 Å². The normalized spacial score (nSPS) is 25.2. The summed E-state index contributed by atoms with van der Waals surface area (Å²) in [4.78, 5) is 7.77. The molecule has 88 valence electrons. The van der Waals surface area contributed by atoms with E-state index in [1.54, 1.807) is 6.20 Å². The minimum absolute atomic E-state index is 0.412. The lowest BCUT2D eigenvalue weighted by molar-refractivity contribution is 0.132. The van der Waals surface area contributed by atoms with Crippen LogP contribution in [0.15, 0.2) is 22.9 Å². The average molecular weight is 289 g/mol. The van der Waals surface area contributed by atoms with Gasteiger partial charge in [0.05, 0.1) is 0 Å². The first kappa shape index (κ1) is 7.09. The third-order valence-corrected chi connectivity index (χ3v) is 3.19. The molecule has 0 saturated carbocycles. The second-order valence-corrected chi connectivity index (χ2v) is 4.68. The van der Waals surface area contributed by atoms with E-state index in [0.717, 1.165) is 16.7 Å². The summed E-state index contributed by atoms with van der Waals surface area (Å²) in [7, 11) is 0. The summed E-state index contributed by atoms with van der Waals surface area (Å²) in [5.74, 6) is 0. The number of hydrogen-bond donors (Lipinski definition) is 0. The van der Waals surface area contributed by atoms with Gasteiger partial charge in [0.25, 0.3) is 0 Å². The predicted octanol–water partition coefficient (Wildman–Crippen LogP) is 1.98. The molecule has 0 atom stereocenters. The molecule has 1 aliphatic heterocycles. The molecule has 0 spiro atoms. The van der Waals surface area contributed by atoms with Gasteiger partial charge in [-0.05, 0) is 34.1 Å². The molecular weight excluding hydrogens is 266 g/mol. The zero-order chi connectivity index (χ0) is 15.7. The summed E-state index contributed by atoms with van der Waals surface area (Å²) in [5.41, 5.74) is 1.09. The SMILES string of the molecule is [2H]C([2H])([2H])C([2H])([2H])N1CCN(Cc2ccc(Br)nc2)CC1. The minimum Gasteiger partial charge on any atom is -0.301 e. The molecule has 0 unspecified atom stereocenters. The minimum atomic E-state index is -2.62. The Kier molecular flexibility index (Phi) is 2.55. The summed E-state index contributed by atoms with van der Waals surface area (Å²) in [6.07, 6.45) is 1.80. The second-order valence-electron chi connectivity index (χ2n) is 3.86. The molecule has 2 heterocycles. The van der Waals surface area contributed by atoms with E-state index in [1.165, 1.54) is 4.90 Å². The standard InChI is InChI=1S/C12H18BrN3/c1-2-15-5-7-16(8-6-15)10-11-3-4-12(13)14-9-11/h3-4,9H,2,5-8,10H2,1H3/i1D3,2D2. The highest BCUT2D eigenvalue weighted by Crippen LogP contribution is 2.10. The summed E-state index contributed by atoms with van der Waals surface area (Å²) >= 11 is 3.29. The van der Waals surface area contributed by atoms with Gasteiger partial charge in [-0.25, -0.2) is 4.98 Å². The fourth-order valence-corrected chi connectivity index (χ4v) is 2.01. The molecule has 4 heteroatoms. The van der Waals surface area contributed by atoms with Crippen LogP contribution in [0.25, 0.3) is 0 Å². The lowest BCUT2D eigenvalue weighted by Crippen LogP contribution is -2.45. The first-order chi connectivity index (χ1) is 9.70. The molecule has 0 radical (unpaired) electrons. The number of pyridine rings is 1. The van der Waals surface area contributed by atoms with Gasteiger partial charge in [-0.1, -0.05) is 12.9 Å². The van der Waals surface area contributed by atoms with Crippen LogP contribution in [0.1, 0.15) is 19.3 Å². The van der Waals surface area contributed by atoms with Crippen molar-refractivity contribution in [3.05, 3.63) is 28.5 Å². The van der Waals surface area contributed by atoms with Crippen molar-refractivity contribution in [2.75, 3.05) is 32.7 Å². The monoisotopic (exact) mass is 288 g/mol. The average Bonchev–Trinajstić information content (AvgIpc) is 2.41. The van der Waals surface area contributed by atoms with Crippen molar-refractivity contribution in [2.45, 2.75) is 13.4 Å². The largest absolute Gasteiger partial charge is 0.301 e. The molecule has 0 aliphatic carbocycles. The van der Waals surface area contributed by atoms with Gasteiger partial charge in [0.15, 0.2) is 0 Å². The molecule has 0 aromatic carbocycles. The van der Waals surface area contributed by atoms with E-state index in [0.29, 0.717) is 26.2 Å². The first-order valence-electron chi connectivity index (χ1n) is 7.78. The van der Waals surface area contributed by atoms with Crippen LogP contribution in [-0.2, 0) is 6.54 Å². The number of rotatable bonds is 3. The first-order valence-corrected chi connectivity index (χ1v) is 6.07. The predicted molar refractivity (Wildman–Crippen MR) is 69.3 cm³/mol. The number of hydrogen-bond acceptors (Lipinski definition) is 3. The highest BCUT2D eigenvalue weighted by molar-refractivity contribution is 9.10. The Balaban J connectivity index is 1.90. The molecule has 1 aliphatic rings. The van der Waals surface area contributed by atoms with Crippen molar-refractivity contribution in [1.82, 2.24) is 14.8 Å². The summed E-state index contributed by atoms with van der Waals surface area (Å²) in [5, 5.41) is 0. The maximum absolute atomic E-state index is 7.78.